The Morgan fingerprint density at radius 1 is 1.16 bits per heavy atom. The number of nitrogens with one attached hydrogen (secondary N) is 1. The molecule has 0 spiro atoms. The molecule has 0 fully saturated rings. The SMILES string of the molecule is OCc1ccncc1NCc1coc2ccccc12. The van der Waals surface area contributed by atoms with Gasteiger partial charge >= 0.3 is 0 Å². The van der Waals surface area contributed by atoms with Crippen LogP contribution in [-0.4, -0.2) is 10.1 Å². The predicted molar refractivity (Wildman–Crippen MR) is 73.7 cm³/mol. The summed E-state index contributed by atoms with van der Waals surface area (Å²) in [6.45, 7) is 0.632. The Bertz CT molecular complexity index is 691. The van der Waals surface area contributed by atoms with Crippen molar-refractivity contribution in [3.05, 3.63) is 60.1 Å². The first-order chi connectivity index (χ1) is 9.38. The molecule has 2 N–H and O–H groups in total. The Kier molecular flexibility index (Phi) is 3.16. The third-order valence-corrected chi connectivity index (χ3v) is 3.11. The van der Waals surface area contributed by atoms with Gasteiger partial charge in [0.1, 0.15) is 5.58 Å². The third-order valence-electron chi connectivity index (χ3n) is 3.11. The molecule has 0 aliphatic heterocycles. The molecule has 4 heteroatoms. The number of anilines is 1. The molecule has 0 atom stereocenters. The number of benzene rings is 1. The molecule has 96 valence electrons. The zero-order chi connectivity index (χ0) is 13.1. The first kappa shape index (κ1) is 11.7. The van der Waals surface area contributed by atoms with Crippen molar-refractivity contribution in [2.45, 2.75) is 13.2 Å². The molecule has 1 aromatic carbocycles. The number of rotatable bonds is 4. The van der Waals surface area contributed by atoms with Crippen LogP contribution in [-0.2, 0) is 13.2 Å². The number of aliphatic hydroxyl groups excluding tert-OH is 1. The Morgan fingerprint density at radius 3 is 2.95 bits per heavy atom. The molecule has 0 saturated heterocycles. The largest absolute Gasteiger partial charge is 0.464 e. The number of aliphatic hydroxyl groups is 1. The zero-order valence-corrected chi connectivity index (χ0v) is 10.3. The lowest BCUT2D eigenvalue weighted by molar-refractivity contribution is 0.282. The first-order valence-electron chi connectivity index (χ1n) is 6.11. The van der Waals surface area contributed by atoms with E-state index in [-0.39, 0.29) is 6.61 Å². The highest BCUT2D eigenvalue weighted by Crippen LogP contribution is 2.22. The fourth-order valence-corrected chi connectivity index (χ4v) is 2.08. The minimum absolute atomic E-state index is 0.00299. The van der Waals surface area contributed by atoms with Crippen molar-refractivity contribution in [3.63, 3.8) is 0 Å². The van der Waals surface area contributed by atoms with Crippen molar-refractivity contribution >= 4 is 16.7 Å². The van der Waals surface area contributed by atoms with Gasteiger partial charge in [0.2, 0.25) is 0 Å². The van der Waals surface area contributed by atoms with Crippen molar-refractivity contribution in [1.29, 1.82) is 0 Å². The highest BCUT2D eigenvalue weighted by Gasteiger charge is 2.06. The van der Waals surface area contributed by atoms with E-state index in [9.17, 15) is 5.11 Å². The minimum atomic E-state index is -0.00299. The first-order valence-corrected chi connectivity index (χ1v) is 6.11. The van der Waals surface area contributed by atoms with E-state index in [2.05, 4.69) is 10.3 Å². The second kappa shape index (κ2) is 5.12. The van der Waals surface area contributed by atoms with Crippen LogP contribution in [0.15, 0.2) is 53.4 Å². The predicted octanol–water partition coefficient (Wildman–Crippen LogP) is 2.93. The van der Waals surface area contributed by atoms with Crippen LogP contribution in [0.3, 0.4) is 0 Å². The summed E-state index contributed by atoms with van der Waals surface area (Å²) < 4.78 is 5.49. The lowest BCUT2D eigenvalue weighted by atomic mass is 10.1. The van der Waals surface area contributed by atoms with Crippen LogP contribution in [0.25, 0.3) is 11.0 Å². The van der Waals surface area contributed by atoms with E-state index in [0.717, 1.165) is 27.8 Å². The molecule has 0 bridgehead atoms. The zero-order valence-electron chi connectivity index (χ0n) is 10.3. The smallest absolute Gasteiger partial charge is 0.134 e. The van der Waals surface area contributed by atoms with Crippen LogP contribution in [0.5, 0.6) is 0 Å². The maximum atomic E-state index is 9.26. The molecule has 0 unspecified atom stereocenters. The summed E-state index contributed by atoms with van der Waals surface area (Å²) in [6, 6.07) is 9.72. The number of pyridine rings is 1. The summed E-state index contributed by atoms with van der Waals surface area (Å²) in [6.07, 6.45) is 5.14. The third kappa shape index (κ3) is 2.30. The van der Waals surface area contributed by atoms with E-state index >= 15 is 0 Å². The topological polar surface area (TPSA) is 58.3 Å². The number of fused-ring (bicyclic) bond motifs is 1. The van der Waals surface area contributed by atoms with Gasteiger partial charge in [0.25, 0.3) is 0 Å². The fraction of sp³-hybridized carbons (Fsp3) is 0.133. The van der Waals surface area contributed by atoms with Gasteiger partial charge in [-0.3, -0.25) is 4.98 Å². The number of para-hydroxylation sites is 1. The van der Waals surface area contributed by atoms with Crippen LogP contribution in [0, 0.1) is 0 Å². The molecule has 3 aromatic rings. The summed E-state index contributed by atoms with van der Waals surface area (Å²) in [5, 5.41) is 13.6. The summed E-state index contributed by atoms with van der Waals surface area (Å²) in [5.41, 5.74) is 3.65. The molecule has 2 aromatic heterocycles. The molecule has 0 aliphatic carbocycles. The number of aromatic nitrogens is 1. The monoisotopic (exact) mass is 254 g/mol. The Morgan fingerprint density at radius 2 is 2.05 bits per heavy atom. The van der Waals surface area contributed by atoms with Gasteiger partial charge in [-0.2, -0.15) is 0 Å². The van der Waals surface area contributed by atoms with Crippen molar-refractivity contribution in [1.82, 2.24) is 4.98 Å². The number of hydrogen-bond acceptors (Lipinski definition) is 4. The summed E-state index contributed by atoms with van der Waals surface area (Å²) in [5.74, 6) is 0. The second-order valence-electron chi connectivity index (χ2n) is 4.30. The van der Waals surface area contributed by atoms with Crippen LogP contribution in [0.2, 0.25) is 0 Å². The van der Waals surface area contributed by atoms with Gasteiger partial charge in [-0.05, 0) is 12.1 Å². The lowest BCUT2D eigenvalue weighted by Crippen LogP contribution is -2.02. The minimum Gasteiger partial charge on any atom is -0.464 e. The Labute approximate surface area is 110 Å². The molecule has 0 saturated carbocycles. The normalized spacial score (nSPS) is 10.8. The molecule has 2 heterocycles. The molecule has 19 heavy (non-hydrogen) atoms. The maximum Gasteiger partial charge on any atom is 0.134 e. The van der Waals surface area contributed by atoms with E-state index in [0.29, 0.717) is 6.54 Å². The fourth-order valence-electron chi connectivity index (χ4n) is 2.08. The molecule has 4 nitrogen and oxygen atoms in total. The second-order valence-corrected chi connectivity index (χ2v) is 4.30. The average molecular weight is 254 g/mol. The summed E-state index contributed by atoms with van der Waals surface area (Å²) in [7, 11) is 0. The van der Waals surface area contributed by atoms with Crippen molar-refractivity contribution in [2.75, 3.05) is 5.32 Å². The van der Waals surface area contributed by atoms with Gasteiger partial charge in [-0.25, -0.2) is 0 Å². The van der Waals surface area contributed by atoms with Crippen molar-refractivity contribution in [3.8, 4) is 0 Å². The molecular formula is C15H14N2O2. The van der Waals surface area contributed by atoms with E-state index in [4.69, 9.17) is 4.42 Å². The van der Waals surface area contributed by atoms with Crippen LogP contribution < -0.4 is 5.32 Å². The highest BCUT2D eigenvalue weighted by atomic mass is 16.3. The van der Waals surface area contributed by atoms with E-state index in [1.165, 1.54) is 0 Å². The number of hydrogen-bond donors (Lipinski definition) is 2. The maximum absolute atomic E-state index is 9.26. The molecular weight excluding hydrogens is 240 g/mol. The van der Waals surface area contributed by atoms with Gasteiger partial charge in [0.15, 0.2) is 0 Å². The number of nitrogens with zero attached hydrogens (tertiary/aromatic N) is 1. The summed E-state index contributed by atoms with van der Waals surface area (Å²) in [4.78, 5) is 4.06. The lowest BCUT2D eigenvalue weighted by Gasteiger charge is -2.08. The van der Waals surface area contributed by atoms with Gasteiger partial charge in [-0.1, -0.05) is 18.2 Å². The van der Waals surface area contributed by atoms with Gasteiger partial charge < -0.3 is 14.8 Å². The molecule has 0 radical (unpaired) electrons. The van der Waals surface area contributed by atoms with Crippen molar-refractivity contribution < 1.29 is 9.52 Å². The molecule has 0 aliphatic rings. The van der Waals surface area contributed by atoms with Crippen LogP contribution in [0.4, 0.5) is 5.69 Å². The van der Waals surface area contributed by atoms with Crippen LogP contribution in [0.1, 0.15) is 11.1 Å². The summed E-state index contributed by atoms with van der Waals surface area (Å²) >= 11 is 0. The Balaban J connectivity index is 1.82. The molecule has 0 amide bonds. The van der Waals surface area contributed by atoms with E-state index in [1.807, 2.05) is 24.3 Å². The number of furan rings is 1. The molecule has 3 rings (SSSR count). The van der Waals surface area contributed by atoms with Gasteiger partial charge in [0, 0.05) is 29.3 Å². The quantitative estimate of drug-likeness (QED) is 0.751. The van der Waals surface area contributed by atoms with E-state index < -0.39 is 0 Å². The van der Waals surface area contributed by atoms with Crippen LogP contribution >= 0.6 is 0 Å². The highest BCUT2D eigenvalue weighted by molar-refractivity contribution is 5.81. The standard InChI is InChI=1S/C15H14N2O2/c18-9-11-5-6-16-8-14(11)17-7-12-10-19-15-4-2-1-3-13(12)15/h1-6,8,10,17-18H,7,9H2. The van der Waals surface area contributed by atoms with Crippen molar-refractivity contribution in [2.24, 2.45) is 0 Å². The average Bonchev–Trinajstić information content (AvgIpc) is 2.89. The van der Waals surface area contributed by atoms with E-state index in [1.54, 1.807) is 24.7 Å². The Hall–Kier alpha value is -2.33. The van der Waals surface area contributed by atoms with Gasteiger partial charge in [-0.15, -0.1) is 0 Å². The van der Waals surface area contributed by atoms with Gasteiger partial charge in [0.05, 0.1) is 24.8 Å².